The Labute approximate surface area is 160 Å². The second kappa shape index (κ2) is 9.98. The summed E-state index contributed by atoms with van der Waals surface area (Å²) in [6, 6.07) is 3.93. The summed E-state index contributed by atoms with van der Waals surface area (Å²) in [6.45, 7) is 9.67. The van der Waals surface area contributed by atoms with Crippen LogP contribution in [0, 0.1) is 0 Å². The van der Waals surface area contributed by atoms with Gasteiger partial charge in [-0.1, -0.05) is 0 Å². The second-order valence-corrected chi connectivity index (χ2v) is 6.62. The van der Waals surface area contributed by atoms with Crippen molar-refractivity contribution in [1.29, 1.82) is 0 Å². The number of pyridine rings is 1. The van der Waals surface area contributed by atoms with Gasteiger partial charge in [0.2, 0.25) is 17.8 Å². The third-order valence-corrected chi connectivity index (χ3v) is 4.48. The van der Waals surface area contributed by atoms with E-state index >= 15 is 0 Å². The van der Waals surface area contributed by atoms with Crippen molar-refractivity contribution in [2.75, 3.05) is 68.8 Å². The normalized spacial score (nSPS) is 15.5. The van der Waals surface area contributed by atoms with Gasteiger partial charge < -0.3 is 20.9 Å². The minimum atomic E-state index is 0.555. The molecule has 146 valence electrons. The number of aromatic nitrogens is 4. The number of nitrogens with one attached hydrogen (secondary N) is 3. The lowest BCUT2D eigenvalue weighted by Gasteiger charge is -2.32. The molecule has 0 bridgehead atoms. The molecule has 0 atom stereocenters. The highest BCUT2D eigenvalue weighted by Crippen LogP contribution is 2.10. The van der Waals surface area contributed by atoms with Crippen LogP contribution in [0.2, 0.25) is 0 Å². The molecule has 0 radical (unpaired) electrons. The van der Waals surface area contributed by atoms with E-state index < -0.39 is 0 Å². The largest absolute Gasteiger partial charge is 0.354 e. The van der Waals surface area contributed by atoms with Gasteiger partial charge in [-0.25, -0.2) is 0 Å². The molecule has 3 N–H and O–H groups in total. The Balaban J connectivity index is 1.55. The number of nitrogens with zero attached hydrogens (tertiary/aromatic N) is 6. The molecule has 1 aliphatic rings. The van der Waals surface area contributed by atoms with Gasteiger partial charge in [0.15, 0.2) is 0 Å². The van der Waals surface area contributed by atoms with Gasteiger partial charge in [0.25, 0.3) is 0 Å². The van der Waals surface area contributed by atoms with E-state index in [1.807, 2.05) is 19.1 Å². The molecule has 0 unspecified atom stereocenters. The summed E-state index contributed by atoms with van der Waals surface area (Å²) < 4.78 is 0. The average molecular weight is 371 g/mol. The van der Waals surface area contributed by atoms with Crippen molar-refractivity contribution < 1.29 is 0 Å². The Morgan fingerprint density at radius 2 is 1.52 bits per heavy atom. The van der Waals surface area contributed by atoms with Crippen LogP contribution in [0.25, 0.3) is 0 Å². The maximum atomic E-state index is 4.50. The Hall–Kier alpha value is -2.52. The molecule has 9 heteroatoms. The average Bonchev–Trinajstić information content (AvgIpc) is 2.69. The topological polar surface area (TPSA) is 94.1 Å². The highest BCUT2D eigenvalue weighted by Gasteiger charge is 2.13. The van der Waals surface area contributed by atoms with Gasteiger partial charge >= 0.3 is 0 Å². The van der Waals surface area contributed by atoms with E-state index in [1.165, 1.54) is 0 Å². The highest BCUT2D eigenvalue weighted by molar-refractivity contribution is 5.42. The first-order valence-corrected chi connectivity index (χ1v) is 9.50. The second-order valence-electron chi connectivity index (χ2n) is 6.62. The van der Waals surface area contributed by atoms with Crippen molar-refractivity contribution in [2.45, 2.75) is 13.5 Å². The van der Waals surface area contributed by atoms with Crippen LogP contribution in [0.4, 0.5) is 17.8 Å². The monoisotopic (exact) mass is 371 g/mol. The van der Waals surface area contributed by atoms with E-state index in [0.29, 0.717) is 24.4 Å². The van der Waals surface area contributed by atoms with Gasteiger partial charge in [-0.05, 0) is 31.7 Å². The summed E-state index contributed by atoms with van der Waals surface area (Å²) in [4.78, 5) is 22.2. The van der Waals surface area contributed by atoms with E-state index in [2.05, 4.69) is 52.7 Å². The molecule has 0 spiro atoms. The molecule has 27 heavy (non-hydrogen) atoms. The van der Waals surface area contributed by atoms with Crippen molar-refractivity contribution in [3.63, 3.8) is 0 Å². The maximum Gasteiger partial charge on any atom is 0.229 e. The Morgan fingerprint density at radius 1 is 0.889 bits per heavy atom. The van der Waals surface area contributed by atoms with E-state index in [1.54, 1.807) is 12.4 Å². The number of anilines is 3. The molecule has 0 aliphatic carbocycles. The zero-order valence-electron chi connectivity index (χ0n) is 16.1. The van der Waals surface area contributed by atoms with E-state index in [0.717, 1.165) is 51.4 Å². The number of rotatable bonds is 9. The predicted octanol–water partition coefficient (Wildman–Crippen LogP) is 0.970. The minimum Gasteiger partial charge on any atom is -0.354 e. The molecule has 3 rings (SSSR count). The molecular weight excluding hydrogens is 342 g/mol. The van der Waals surface area contributed by atoms with Crippen LogP contribution in [-0.2, 0) is 6.54 Å². The van der Waals surface area contributed by atoms with Crippen molar-refractivity contribution in [3.8, 4) is 0 Å². The molecule has 1 saturated heterocycles. The molecule has 0 amide bonds. The van der Waals surface area contributed by atoms with Crippen molar-refractivity contribution >= 4 is 17.8 Å². The molecule has 0 saturated carbocycles. The van der Waals surface area contributed by atoms with Gasteiger partial charge in [-0.3, -0.25) is 9.88 Å². The summed E-state index contributed by atoms with van der Waals surface area (Å²) in [5.74, 6) is 1.72. The van der Waals surface area contributed by atoms with E-state index in [-0.39, 0.29) is 0 Å². The van der Waals surface area contributed by atoms with Crippen LogP contribution in [-0.4, -0.2) is 82.6 Å². The molecule has 2 aromatic heterocycles. The molecule has 1 aliphatic heterocycles. The van der Waals surface area contributed by atoms with Crippen molar-refractivity contribution in [1.82, 2.24) is 29.7 Å². The molecule has 3 heterocycles. The number of hydrogen-bond donors (Lipinski definition) is 3. The molecule has 9 nitrogen and oxygen atoms in total. The standard InChI is InChI=1S/C18H29N9/c1-3-20-16-23-17(21-8-9-27-12-10-26(2)11-13-27)25-18(24-16)22-14-15-4-6-19-7-5-15/h4-7H,3,8-14H2,1-2H3,(H3,20,21,22,23,24,25). The van der Waals surface area contributed by atoms with Crippen LogP contribution in [0.5, 0.6) is 0 Å². The fourth-order valence-corrected chi connectivity index (χ4v) is 2.85. The zero-order valence-corrected chi connectivity index (χ0v) is 16.1. The Bertz CT molecular complexity index is 686. The molecule has 1 fully saturated rings. The third kappa shape index (κ3) is 6.30. The smallest absolute Gasteiger partial charge is 0.229 e. The fraction of sp³-hybridized carbons (Fsp3) is 0.556. The quantitative estimate of drug-likeness (QED) is 0.596. The number of piperazine rings is 1. The van der Waals surface area contributed by atoms with Gasteiger partial charge in [-0.2, -0.15) is 15.0 Å². The number of likely N-dealkylation sites (N-methyl/N-ethyl adjacent to an activating group) is 1. The Morgan fingerprint density at radius 3 is 2.19 bits per heavy atom. The van der Waals surface area contributed by atoms with Crippen LogP contribution < -0.4 is 16.0 Å². The summed E-state index contributed by atoms with van der Waals surface area (Å²) in [5.41, 5.74) is 1.12. The Kier molecular flexibility index (Phi) is 7.11. The van der Waals surface area contributed by atoms with E-state index in [4.69, 9.17) is 0 Å². The summed E-state index contributed by atoms with van der Waals surface area (Å²) in [6.07, 6.45) is 3.56. The third-order valence-electron chi connectivity index (χ3n) is 4.48. The lowest BCUT2D eigenvalue weighted by molar-refractivity contribution is 0.158. The SMILES string of the molecule is CCNc1nc(NCCN2CCN(C)CC2)nc(NCc2ccncc2)n1. The van der Waals surface area contributed by atoms with Crippen molar-refractivity contribution in [3.05, 3.63) is 30.1 Å². The van der Waals surface area contributed by atoms with Crippen LogP contribution >= 0.6 is 0 Å². The summed E-state index contributed by atoms with van der Waals surface area (Å²) in [5, 5.41) is 9.75. The van der Waals surface area contributed by atoms with Gasteiger partial charge in [0.05, 0.1) is 0 Å². The summed E-state index contributed by atoms with van der Waals surface area (Å²) in [7, 11) is 2.17. The van der Waals surface area contributed by atoms with Crippen LogP contribution in [0.15, 0.2) is 24.5 Å². The molecular formula is C18H29N9. The van der Waals surface area contributed by atoms with Gasteiger partial charge in [0, 0.05) is 64.8 Å². The van der Waals surface area contributed by atoms with E-state index in [9.17, 15) is 0 Å². The summed E-state index contributed by atoms with van der Waals surface area (Å²) >= 11 is 0. The lowest BCUT2D eigenvalue weighted by Crippen LogP contribution is -2.45. The maximum absolute atomic E-state index is 4.50. The lowest BCUT2D eigenvalue weighted by atomic mass is 10.3. The zero-order chi connectivity index (χ0) is 18.9. The number of hydrogen-bond acceptors (Lipinski definition) is 9. The van der Waals surface area contributed by atoms with Gasteiger partial charge in [-0.15, -0.1) is 0 Å². The molecule has 0 aromatic carbocycles. The first kappa shape index (κ1) is 19.2. The van der Waals surface area contributed by atoms with Crippen molar-refractivity contribution in [2.24, 2.45) is 0 Å². The predicted molar refractivity (Wildman–Crippen MR) is 108 cm³/mol. The first-order valence-electron chi connectivity index (χ1n) is 9.50. The minimum absolute atomic E-state index is 0.555. The fourth-order valence-electron chi connectivity index (χ4n) is 2.85. The van der Waals surface area contributed by atoms with Crippen LogP contribution in [0.1, 0.15) is 12.5 Å². The van der Waals surface area contributed by atoms with Crippen LogP contribution in [0.3, 0.4) is 0 Å². The molecule has 2 aromatic rings. The highest BCUT2D eigenvalue weighted by atomic mass is 15.3. The van der Waals surface area contributed by atoms with Gasteiger partial charge in [0.1, 0.15) is 0 Å². The first-order chi connectivity index (χ1) is 13.2.